The molecule has 7 nitrogen and oxygen atoms in total. The van der Waals surface area contributed by atoms with Crippen molar-refractivity contribution in [1.82, 2.24) is 9.97 Å². The zero-order valence-corrected chi connectivity index (χ0v) is 18.0. The maximum absolute atomic E-state index is 12.7. The summed E-state index contributed by atoms with van der Waals surface area (Å²) in [5.74, 6) is 1.20. The molecule has 8 heteroatoms. The summed E-state index contributed by atoms with van der Waals surface area (Å²) in [6.45, 7) is 0. The fraction of sp³-hybridized carbons (Fsp3) is 0.167. The number of aromatic amines is 1. The number of hydrogen-bond donors (Lipinski definition) is 3. The van der Waals surface area contributed by atoms with Gasteiger partial charge in [0.05, 0.1) is 15.9 Å². The van der Waals surface area contributed by atoms with Crippen molar-refractivity contribution in [3.63, 3.8) is 0 Å². The number of H-pyrrole nitrogens is 1. The van der Waals surface area contributed by atoms with E-state index in [0.29, 0.717) is 22.9 Å². The van der Waals surface area contributed by atoms with Crippen molar-refractivity contribution in [1.29, 1.82) is 0 Å². The quantitative estimate of drug-likeness (QED) is 0.392. The molecule has 1 fully saturated rings. The molecule has 32 heavy (non-hydrogen) atoms. The molecule has 162 valence electrons. The Morgan fingerprint density at radius 2 is 1.69 bits per heavy atom. The van der Waals surface area contributed by atoms with Crippen LogP contribution in [-0.4, -0.2) is 24.3 Å². The highest BCUT2D eigenvalue weighted by atomic mass is 32.2. The van der Waals surface area contributed by atoms with Crippen LogP contribution in [-0.2, 0) is 10.0 Å². The molecule has 1 heterocycles. The number of nitrogens with zero attached hydrogens (tertiary/aromatic N) is 1. The molecule has 1 saturated carbocycles. The standard InChI is InChI=1S/C24H22N4O3S/c29-24(25-19-11-14-21-22(15-19)27-23(26-21)16-5-4-6-16)17-9-12-20(13-10-17)32(30,31)28-18-7-2-1-3-8-18/h1-3,7-16,28H,4-6H2,(H,25,29)(H,26,27). The van der Waals surface area contributed by atoms with Crippen molar-refractivity contribution >= 4 is 38.3 Å². The zero-order chi connectivity index (χ0) is 22.1. The molecule has 3 aromatic carbocycles. The van der Waals surface area contributed by atoms with Crippen LogP contribution in [0.1, 0.15) is 41.4 Å². The summed E-state index contributed by atoms with van der Waals surface area (Å²) in [5.41, 5.74) is 3.25. The number of imidazole rings is 1. The van der Waals surface area contributed by atoms with E-state index in [1.807, 2.05) is 24.3 Å². The van der Waals surface area contributed by atoms with Crippen LogP contribution in [0.4, 0.5) is 11.4 Å². The smallest absolute Gasteiger partial charge is 0.261 e. The molecule has 0 spiro atoms. The van der Waals surface area contributed by atoms with Gasteiger partial charge in [-0.2, -0.15) is 0 Å². The topological polar surface area (TPSA) is 104 Å². The van der Waals surface area contributed by atoms with Crippen LogP contribution in [0, 0.1) is 0 Å². The number of sulfonamides is 1. The number of carbonyl (C=O) groups is 1. The number of hydrogen-bond acceptors (Lipinski definition) is 4. The largest absolute Gasteiger partial charge is 0.342 e. The van der Waals surface area contributed by atoms with Gasteiger partial charge in [0.2, 0.25) is 0 Å². The lowest BCUT2D eigenvalue weighted by atomic mass is 9.85. The highest BCUT2D eigenvalue weighted by molar-refractivity contribution is 7.92. The van der Waals surface area contributed by atoms with Gasteiger partial charge in [0.25, 0.3) is 15.9 Å². The highest BCUT2D eigenvalue weighted by Crippen LogP contribution is 2.35. The summed E-state index contributed by atoms with van der Waals surface area (Å²) in [4.78, 5) is 20.8. The van der Waals surface area contributed by atoms with Crippen molar-refractivity contribution in [2.24, 2.45) is 0 Å². The van der Waals surface area contributed by atoms with Crippen molar-refractivity contribution < 1.29 is 13.2 Å². The number of anilines is 2. The molecule has 1 aliphatic carbocycles. The Labute approximate surface area is 185 Å². The summed E-state index contributed by atoms with van der Waals surface area (Å²) in [6.07, 6.45) is 3.57. The molecule has 1 amide bonds. The summed E-state index contributed by atoms with van der Waals surface area (Å²) in [6, 6.07) is 20.1. The molecule has 0 atom stereocenters. The molecule has 0 saturated heterocycles. The molecule has 0 radical (unpaired) electrons. The van der Waals surface area contributed by atoms with Gasteiger partial charge < -0.3 is 10.3 Å². The molecule has 0 bridgehead atoms. The molecule has 0 unspecified atom stereocenters. The summed E-state index contributed by atoms with van der Waals surface area (Å²) >= 11 is 0. The normalized spacial score (nSPS) is 14.1. The van der Waals surface area contributed by atoms with Crippen molar-refractivity contribution in [2.45, 2.75) is 30.1 Å². The Hall–Kier alpha value is -3.65. The number of amides is 1. The minimum atomic E-state index is -3.73. The molecular formula is C24H22N4O3S. The van der Waals surface area contributed by atoms with Gasteiger partial charge >= 0.3 is 0 Å². The fourth-order valence-electron chi connectivity index (χ4n) is 3.69. The van der Waals surface area contributed by atoms with Crippen LogP contribution in [0.15, 0.2) is 77.7 Å². The number of fused-ring (bicyclic) bond motifs is 1. The van der Waals surface area contributed by atoms with Crippen LogP contribution in [0.5, 0.6) is 0 Å². The zero-order valence-electron chi connectivity index (χ0n) is 17.2. The lowest BCUT2D eigenvalue weighted by Gasteiger charge is -2.22. The number of rotatable bonds is 6. The first-order valence-corrected chi connectivity index (χ1v) is 12.0. The predicted octanol–water partition coefficient (Wildman–Crippen LogP) is 4.88. The van der Waals surface area contributed by atoms with Gasteiger partial charge in [-0.3, -0.25) is 9.52 Å². The van der Waals surface area contributed by atoms with Gasteiger partial charge in [-0.05, 0) is 67.4 Å². The minimum absolute atomic E-state index is 0.0836. The summed E-state index contributed by atoms with van der Waals surface area (Å²) in [5, 5.41) is 2.86. The first-order valence-electron chi connectivity index (χ1n) is 10.5. The molecule has 1 aromatic heterocycles. The Bertz CT molecular complexity index is 1380. The van der Waals surface area contributed by atoms with E-state index >= 15 is 0 Å². The van der Waals surface area contributed by atoms with E-state index in [4.69, 9.17) is 0 Å². The molecule has 4 aromatic rings. The van der Waals surface area contributed by atoms with Crippen molar-refractivity contribution in [2.75, 3.05) is 10.0 Å². The molecule has 3 N–H and O–H groups in total. The second kappa shape index (κ2) is 8.12. The summed E-state index contributed by atoms with van der Waals surface area (Å²) < 4.78 is 27.6. The van der Waals surface area contributed by atoms with Gasteiger partial charge in [0, 0.05) is 22.9 Å². The third-order valence-corrected chi connectivity index (χ3v) is 7.10. The molecule has 1 aliphatic rings. The Morgan fingerprint density at radius 3 is 2.38 bits per heavy atom. The minimum Gasteiger partial charge on any atom is -0.342 e. The van der Waals surface area contributed by atoms with Crippen LogP contribution in [0.25, 0.3) is 11.0 Å². The Kier molecular flexibility index (Phi) is 5.14. The lowest BCUT2D eigenvalue weighted by Crippen LogP contribution is -2.14. The van der Waals surface area contributed by atoms with Gasteiger partial charge in [-0.1, -0.05) is 24.6 Å². The monoisotopic (exact) mass is 446 g/mol. The number of benzene rings is 3. The van der Waals surface area contributed by atoms with Gasteiger partial charge in [-0.25, -0.2) is 13.4 Å². The van der Waals surface area contributed by atoms with E-state index in [2.05, 4.69) is 20.0 Å². The van der Waals surface area contributed by atoms with E-state index in [1.165, 1.54) is 30.7 Å². The predicted molar refractivity (Wildman–Crippen MR) is 124 cm³/mol. The number of carbonyl (C=O) groups excluding carboxylic acids is 1. The van der Waals surface area contributed by atoms with E-state index < -0.39 is 10.0 Å². The average Bonchev–Trinajstić information content (AvgIpc) is 3.15. The first kappa shape index (κ1) is 20.3. The van der Waals surface area contributed by atoms with Crippen molar-refractivity contribution in [3.8, 4) is 0 Å². The van der Waals surface area contributed by atoms with Crippen LogP contribution in [0.2, 0.25) is 0 Å². The lowest BCUT2D eigenvalue weighted by molar-refractivity contribution is 0.102. The maximum atomic E-state index is 12.7. The number of para-hydroxylation sites is 1. The van der Waals surface area contributed by atoms with Gasteiger partial charge in [0.15, 0.2) is 0 Å². The first-order chi connectivity index (χ1) is 15.5. The van der Waals surface area contributed by atoms with E-state index in [1.54, 1.807) is 24.3 Å². The number of aromatic nitrogens is 2. The molecule has 5 rings (SSSR count). The molecular weight excluding hydrogens is 424 g/mol. The third-order valence-electron chi connectivity index (χ3n) is 5.70. The van der Waals surface area contributed by atoms with E-state index in [9.17, 15) is 13.2 Å². The van der Waals surface area contributed by atoms with Crippen LogP contribution in [0.3, 0.4) is 0 Å². The molecule has 0 aliphatic heterocycles. The van der Waals surface area contributed by atoms with E-state index in [0.717, 1.165) is 29.7 Å². The third kappa shape index (κ3) is 4.09. The number of nitrogens with one attached hydrogen (secondary N) is 3. The maximum Gasteiger partial charge on any atom is 0.261 e. The summed E-state index contributed by atoms with van der Waals surface area (Å²) in [7, 11) is -3.73. The fourth-order valence-corrected chi connectivity index (χ4v) is 4.75. The second-order valence-corrected chi connectivity index (χ2v) is 9.61. The van der Waals surface area contributed by atoms with Gasteiger partial charge in [0.1, 0.15) is 5.82 Å². The van der Waals surface area contributed by atoms with Crippen LogP contribution >= 0.6 is 0 Å². The average molecular weight is 447 g/mol. The van der Waals surface area contributed by atoms with Gasteiger partial charge in [-0.15, -0.1) is 0 Å². The Morgan fingerprint density at radius 1 is 0.938 bits per heavy atom. The van der Waals surface area contributed by atoms with E-state index in [-0.39, 0.29) is 10.8 Å². The highest BCUT2D eigenvalue weighted by Gasteiger charge is 2.22. The SMILES string of the molecule is O=C(Nc1ccc2nc(C3CCC3)[nH]c2c1)c1ccc(S(=O)(=O)Nc2ccccc2)cc1. The Balaban J connectivity index is 1.29. The van der Waals surface area contributed by atoms with Crippen LogP contribution < -0.4 is 10.0 Å². The van der Waals surface area contributed by atoms with Crippen molar-refractivity contribution in [3.05, 3.63) is 84.2 Å². The second-order valence-electron chi connectivity index (χ2n) is 7.93.